The van der Waals surface area contributed by atoms with Gasteiger partial charge in [0, 0.05) is 31.6 Å². The quantitative estimate of drug-likeness (QED) is 0.836. The number of anilines is 1. The van der Waals surface area contributed by atoms with Crippen LogP contribution >= 0.6 is 0 Å². The molecule has 23 heavy (non-hydrogen) atoms. The van der Waals surface area contributed by atoms with Gasteiger partial charge in [-0.3, -0.25) is 0 Å². The molecule has 0 radical (unpaired) electrons. The summed E-state index contributed by atoms with van der Waals surface area (Å²) in [6.45, 7) is 4.53. The summed E-state index contributed by atoms with van der Waals surface area (Å²) in [7, 11) is 0. The molecule has 2 aliphatic rings. The SMILES string of the molecule is Cc1ccc(N2CC(CNC(=O)NC3CCCCCC3)C2)nn1. The molecule has 1 aliphatic heterocycles. The Labute approximate surface area is 138 Å². The van der Waals surface area contributed by atoms with E-state index in [0.29, 0.717) is 12.0 Å². The number of hydrogen-bond donors (Lipinski definition) is 2. The minimum atomic E-state index is -0.00882. The molecule has 1 aromatic rings. The van der Waals surface area contributed by atoms with Crippen LogP contribution in [0.15, 0.2) is 12.1 Å². The molecule has 1 saturated carbocycles. The number of urea groups is 1. The minimum Gasteiger partial charge on any atom is -0.354 e. The third kappa shape index (κ3) is 4.56. The highest BCUT2D eigenvalue weighted by Crippen LogP contribution is 2.21. The Balaban J connectivity index is 1.34. The summed E-state index contributed by atoms with van der Waals surface area (Å²) < 4.78 is 0. The first-order valence-electron chi connectivity index (χ1n) is 8.80. The summed E-state index contributed by atoms with van der Waals surface area (Å²) in [4.78, 5) is 14.2. The molecular weight excluding hydrogens is 290 g/mol. The van der Waals surface area contributed by atoms with E-state index in [4.69, 9.17) is 0 Å². The topological polar surface area (TPSA) is 70.2 Å². The molecule has 2 amide bonds. The maximum atomic E-state index is 12.0. The van der Waals surface area contributed by atoms with Gasteiger partial charge in [-0.1, -0.05) is 25.7 Å². The number of aryl methyl sites for hydroxylation is 1. The summed E-state index contributed by atoms with van der Waals surface area (Å²) >= 11 is 0. The fourth-order valence-electron chi connectivity index (χ4n) is 3.34. The molecule has 2 heterocycles. The van der Waals surface area contributed by atoms with Crippen LogP contribution in [-0.4, -0.2) is 41.9 Å². The second kappa shape index (κ2) is 7.62. The number of aromatic nitrogens is 2. The molecule has 1 aromatic heterocycles. The lowest BCUT2D eigenvalue weighted by molar-refractivity contribution is 0.232. The third-order valence-electron chi connectivity index (χ3n) is 4.81. The van der Waals surface area contributed by atoms with Gasteiger partial charge in [-0.2, -0.15) is 5.10 Å². The highest BCUT2D eigenvalue weighted by atomic mass is 16.2. The molecule has 0 aromatic carbocycles. The zero-order valence-electron chi connectivity index (χ0n) is 13.9. The molecule has 6 heteroatoms. The highest BCUT2D eigenvalue weighted by molar-refractivity contribution is 5.74. The standard InChI is InChI=1S/C17H27N5O/c1-13-8-9-16(21-20-13)22-11-14(12-22)10-18-17(23)19-15-6-4-2-3-5-7-15/h8-9,14-15H,2-7,10-12H2,1H3,(H2,18,19,23). The van der Waals surface area contributed by atoms with Crippen LogP contribution in [0.4, 0.5) is 10.6 Å². The maximum absolute atomic E-state index is 12.0. The van der Waals surface area contributed by atoms with Crippen LogP contribution in [0.25, 0.3) is 0 Å². The van der Waals surface area contributed by atoms with E-state index in [0.717, 1.165) is 44.0 Å². The number of nitrogens with zero attached hydrogens (tertiary/aromatic N) is 3. The van der Waals surface area contributed by atoms with Crippen molar-refractivity contribution in [2.24, 2.45) is 5.92 Å². The van der Waals surface area contributed by atoms with Gasteiger partial charge in [0.15, 0.2) is 5.82 Å². The van der Waals surface area contributed by atoms with Crippen LogP contribution < -0.4 is 15.5 Å². The monoisotopic (exact) mass is 317 g/mol. The first-order chi connectivity index (χ1) is 11.2. The summed E-state index contributed by atoms with van der Waals surface area (Å²) in [6.07, 6.45) is 7.33. The van der Waals surface area contributed by atoms with Crippen LogP contribution in [0.3, 0.4) is 0 Å². The summed E-state index contributed by atoms with van der Waals surface area (Å²) in [5.41, 5.74) is 0.933. The van der Waals surface area contributed by atoms with E-state index < -0.39 is 0 Å². The lowest BCUT2D eigenvalue weighted by Crippen LogP contribution is -2.53. The van der Waals surface area contributed by atoms with Crippen molar-refractivity contribution in [2.75, 3.05) is 24.5 Å². The Hall–Kier alpha value is -1.85. The molecule has 0 atom stereocenters. The van der Waals surface area contributed by atoms with Crippen molar-refractivity contribution in [1.29, 1.82) is 0 Å². The van der Waals surface area contributed by atoms with E-state index in [1.807, 2.05) is 19.1 Å². The smallest absolute Gasteiger partial charge is 0.315 e. The van der Waals surface area contributed by atoms with E-state index in [-0.39, 0.29) is 6.03 Å². The van der Waals surface area contributed by atoms with Crippen LogP contribution in [0, 0.1) is 12.8 Å². The predicted octanol–water partition coefficient (Wildman–Crippen LogP) is 2.24. The van der Waals surface area contributed by atoms with Gasteiger partial charge >= 0.3 is 6.03 Å². The zero-order valence-corrected chi connectivity index (χ0v) is 13.9. The Morgan fingerprint density at radius 3 is 2.57 bits per heavy atom. The van der Waals surface area contributed by atoms with E-state index >= 15 is 0 Å². The Kier molecular flexibility index (Phi) is 5.31. The molecule has 0 unspecified atom stereocenters. The Morgan fingerprint density at radius 1 is 1.17 bits per heavy atom. The first-order valence-corrected chi connectivity index (χ1v) is 8.80. The van der Waals surface area contributed by atoms with Crippen molar-refractivity contribution >= 4 is 11.8 Å². The van der Waals surface area contributed by atoms with Gasteiger partial charge in [0.05, 0.1) is 5.69 Å². The second-order valence-electron chi connectivity index (χ2n) is 6.85. The first kappa shape index (κ1) is 16.0. The Bertz CT molecular complexity index is 504. The van der Waals surface area contributed by atoms with Crippen LogP contribution in [0.1, 0.15) is 44.2 Å². The molecule has 1 aliphatic carbocycles. The summed E-state index contributed by atoms with van der Waals surface area (Å²) in [6, 6.07) is 4.34. The zero-order chi connectivity index (χ0) is 16.1. The van der Waals surface area contributed by atoms with Crippen molar-refractivity contribution in [1.82, 2.24) is 20.8 Å². The van der Waals surface area contributed by atoms with E-state index in [9.17, 15) is 4.79 Å². The number of nitrogens with one attached hydrogen (secondary N) is 2. The normalized spacial score (nSPS) is 19.8. The van der Waals surface area contributed by atoms with Crippen molar-refractivity contribution in [2.45, 2.75) is 51.5 Å². The fraction of sp³-hybridized carbons (Fsp3) is 0.706. The van der Waals surface area contributed by atoms with Gasteiger partial charge in [-0.05, 0) is 31.9 Å². The third-order valence-corrected chi connectivity index (χ3v) is 4.81. The van der Waals surface area contributed by atoms with E-state index in [1.54, 1.807) is 0 Å². The van der Waals surface area contributed by atoms with E-state index in [2.05, 4.69) is 25.7 Å². The average molecular weight is 317 g/mol. The van der Waals surface area contributed by atoms with Gasteiger partial charge in [-0.15, -0.1) is 5.10 Å². The molecule has 0 bridgehead atoms. The van der Waals surface area contributed by atoms with E-state index in [1.165, 1.54) is 25.7 Å². The average Bonchev–Trinajstić information content (AvgIpc) is 2.76. The number of amides is 2. The number of carbonyl (C=O) groups is 1. The molecule has 2 N–H and O–H groups in total. The molecular formula is C17H27N5O. The molecule has 0 spiro atoms. The Morgan fingerprint density at radius 2 is 1.91 bits per heavy atom. The molecule has 2 fully saturated rings. The molecule has 6 nitrogen and oxygen atoms in total. The minimum absolute atomic E-state index is 0.00882. The number of hydrogen-bond acceptors (Lipinski definition) is 4. The van der Waals surface area contributed by atoms with Crippen LogP contribution in [-0.2, 0) is 0 Å². The van der Waals surface area contributed by atoms with Crippen LogP contribution in [0.2, 0.25) is 0 Å². The van der Waals surface area contributed by atoms with Gasteiger partial charge in [0.2, 0.25) is 0 Å². The van der Waals surface area contributed by atoms with Gasteiger partial charge in [0.25, 0.3) is 0 Å². The highest BCUT2D eigenvalue weighted by Gasteiger charge is 2.28. The van der Waals surface area contributed by atoms with Gasteiger partial charge < -0.3 is 15.5 Å². The molecule has 126 valence electrons. The van der Waals surface area contributed by atoms with Gasteiger partial charge in [0.1, 0.15) is 0 Å². The van der Waals surface area contributed by atoms with Crippen molar-refractivity contribution in [3.63, 3.8) is 0 Å². The summed E-state index contributed by atoms with van der Waals surface area (Å²) in [5.74, 6) is 1.42. The van der Waals surface area contributed by atoms with Crippen LogP contribution in [0.5, 0.6) is 0 Å². The number of rotatable bonds is 4. The summed E-state index contributed by atoms with van der Waals surface area (Å²) in [5, 5.41) is 14.4. The largest absolute Gasteiger partial charge is 0.354 e. The number of carbonyl (C=O) groups excluding carboxylic acids is 1. The molecule has 3 rings (SSSR count). The van der Waals surface area contributed by atoms with Crippen molar-refractivity contribution < 1.29 is 4.79 Å². The van der Waals surface area contributed by atoms with Gasteiger partial charge in [-0.25, -0.2) is 4.79 Å². The van der Waals surface area contributed by atoms with Crippen molar-refractivity contribution in [3.8, 4) is 0 Å². The second-order valence-corrected chi connectivity index (χ2v) is 6.85. The predicted molar refractivity (Wildman–Crippen MR) is 90.5 cm³/mol. The molecule has 1 saturated heterocycles. The van der Waals surface area contributed by atoms with Crippen molar-refractivity contribution in [3.05, 3.63) is 17.8 Å². The lowest BCUT2D eigenvalue weighted by atomic mass is 10.0. The fourth-order valence-corrected chi connectivity index (χ4v) is 3.34. The lowest BCUT2D eigenvalue weighted by Gasteiger charge is -2.39. The maximum Gasteiger partial charge on any atom is 0.315 e.